The summed E-state index contributed by atoms with van der Waals surface area (Å²) < 4.78 is 6.51. The smallest absolute Gasteiger partial charge is 0.410 e. The number of halogens is 1. The van der Waals surface area contributed by atoms with E-state index in [0.717, 1.165) is 42.6 Å². The van der Waals surface area contributed by atoms with Crippen molar-refractivity contribution in [2.24, 2.45) is 5.92 Å². The molecule has 2 rings (SSSR count). The molecule has 0 spiro atoms. The molecule has 4 nitrogen and oxygen atoms in total. The molecule has 1 aromatic carbocycles. The van der Waals surface area contributed by atoms with Gasteiger partial charge in [0.05, 0.1) is 0 Å². The molecule has 0 bridgehead atoms. The van der Waals surface area contributed by atoms with Gasteiger partial charge in [0.1, 0.15) is 5.60 Å². The topological polar surface area (TPSA) is 41.6 Å². The quantitative estimate of drug-likeness (QED) is 0.853. The van der Waals surface area contributed by atoms with Crippen molar-refractivity contribution < 1.29 is 9.53 Å². The first-order valence-electron chi connectivity index (χ1n) is 7.81. The fraction of sp³-hybridized carbons (Fsp3) is 0.588. The fourth-order valence-corrected chi connectivity index (χ4v) is 2.93. The van der Waals surface area contributed by atoms with Crippen LogP contribution >= 0.6 is 15.9 Å². The van der Waals surface area contributed by atoms with Crippen molar-refractivity contribution in [2.75, 3.05) is 25.0 Å². The second-order valence-electron chi connectivity index (χ2n) is 6.77. The van der Waals surface area contributed by atoms with Crippen LogP contribution < -0.4 is 5.32 Å². The molecule has 122 valence electrons. The summed E-state index contributed by atoms with van der Waals surface area (Å²) in [6.07, 6.45) is 1.83. The van der Waals surface area contributed by atoms with Crippen LogP contribution in [0.25, 0.3) is 0 Å². The molecule has 1 N–H and O–H groups in total. The van der Waals surface area contributed by atoms with Crippen molar-refractivity contribution >= 4 is 27.7 Å². The van der Waals surface area contributed by atoms with E-state index in [2.05, 4.69) is 27.3 Å². The highest BCUT2D eigenvalue weighted by Crippen LogP contribution is 2.24. The first kappa shape index (κ1) is 17.1. The Morgan fingerprint density at radius 1 is 1.32 bits per heavy atom. The highest BCUT2D eigenvalue weighted by Gasteiger charge is 2.26. The van der Waals surface area contributed by atoms with E-state index in [1.807, 2.05) is 43.9 Å². The van der Waals surface area contributed by atoms with E-state index in [1.165, 1.54) is 0 Å². The van der Waals surface area contributed by atoms with Crippen molar-refractivity contribution in [3.05, 3.63) is 28.7 Å². The molecule has 0 aliphatic carbocycles. The van der Waals surface area contributed by atoms with Crippen molar-refractivity contribution in [3.8, 4) is 0 Å². The van der Waals surface area contributed by atoms with Crippen molar-refractivity contribution in [3.63, 3.8) is 0 Å². The minimum atomic E-state index is -0.422. The molecule has 1 aliphatic heterocycles. The van der Waals surface area contributed by atoms with E-state index in [1.54, 1.807) is 0 Å². The molecular weight excluding hydrogens is 344 g/mol. The Balaban J connectivity index is 1.76. The van der Waals surface area contributed by atoms with Crippen molar-refractivity contribution in [2.45, 2.75) is 39.2 Å². The Morgan fingerprint density at radius 2 is 1.95 bits per heavy atom. The molecule has 0 saturated carbocycles. The number of rotatable bonds is 3. The molecule has 1 aromatic rings. The van der Waals surface area contributed by atoms with Gasteiger partial charge in [-0.1, -0.05) is 12.1 Å². The average molecular weight is 369 g/mol. The van der Waals surface area contributed by atoms with Gasteiger partial charge in [-0.05, 0) is 67.6 Å². The van der Waals surface area contributed by atoms with Crippen molar-refractivity contribution in [1.29, 1.82) is 0 Å². The minimum Gasteiger partial charge on any atom is -0.444 e. The average Bonchev–Trinajstić information content (AvgIpc) is 2.45. The second kappa shape index (κ2) is 7.36. The first-order valence-corrected chi connectivity index (χ1v) is 8.61. The number of carbonyl (C=O) groups is 1. The first-order chi connectivity index (χ1) is 10.3. The van der Waals surface area contributed by atoms with Gasteiger partial charge in [0.25, 0.3) is 0 Å². The summed E-state index contributed by atoms with van der Waals surface area (Å²) in [5, 5.41) is 3.48. The van der Waals surface area contributed by atoms with Crippen LogP contribution in [0, 0.1) is 5.92 Å². The third-order valence-corrected chi connectivity index (χ3v) is 4.41. The fourth-order valence-electron chi connectivity index (χ4n) is 2.51. The molecule has 1 saturated heterocycles. The highest BCUT2D eigenvalue weighted by molar-refractivity contribution is 9.10. The number of hydrogen-bond donors (Lipinski definition) is 1. The van der Waals surface area contributed by atoms with Crippen LogP contribution in [-0.4, -0.2) is 36.2 Å². The van der Waals surface area contributed by atoms with E-state index in [9.17, 15) is 4.79 Å². The van der Waals surface area contributed by atoms with E-state index in [-0.39, 0.29) is 6.09 Å². The van der Waals surface area contributed by atoms with Gasteiger partial charge < -0.3 is 15.0 Å². The maximum absolute atomic E-state index is 12.0. The van der Waals surface area contributed by atoms with E-state index in [0.29, 0.717) is 5.92 Å². The molecular formula is C17H25BrN2O2. The Labute approximate surface area is 141 Å². The summed E-state index contributed by atoms with van der Waals surface area (Å²) in [6.45, 7) is 8.19. The highest BCUT2D eigenvalue weighted by atomic mass is 79.9. The predicted molar refractivity (Wildman–Crippen MR) is 93.2 cm³/mol. The number of carbonyl (C=O) groups excluding carboxylic acids is 1. The summed E-state index contributed by atoms with van der Waals surface area (Å²) >= 11 is 3.55. The van der Waals surface area contributed by atoms with Crippen LogP contribution in [-0.2, 0) is 4.74 Å². The molecule has 22 heavy (non-hydrogen) atoms. The SMILES string of the molecule is CC(C)(C)OC(=O)N1CCC(CNc2ccccc2Br)CC1. The number of nitrogens with one attached hydrogen (secondary N) is 1. The second-order valence-corrected chi connectivity index (χ2v) is 7.63. The molecule has 0 radical (unpaired) electrons. The number of likely N-dealkylation sites (tertiary alicyclic amines) is 1. The predicted octanol–water partition coefficient (Wildman–Crippen LogP) is 4.51. The molecule has 1 heterocycles. The number of anilines is 1. The maximum Gasteiger partial charge on any atom is 0.410 e. The molecule has 1 aliphatic rings. The molecule has 1 fully saturated rings. The summed E-state index contributed by atoms with van der Waals surface area (Å²) in [6, 6.07) is 8.14. The number of para-hydroxylation sites is 1. The molecule has 5 heteroatoms. The Hall–Kier alpha value is -1.23. The van der Waals surface area contributed by atoms with Gasteiger partial charge in [-0.25, -0.2) is 4.79 Å². The zero-order valence-electron chi connectivity index (χ0n) is 13.6. The normalized spacial score (nSPS) is 16.5. The summed E-state index contributed by atoms with van der Waals surface area (Å²) in [7, 11) is 0. The molecule has 0 unspecified atom stereocenters. The van der Waals surface area contributed by atoms with Gasteiger partial charge in [0.15, 0.2) is 0 Å². The Morgan fingerprint density at radius 3 is 2.55 bits per heavy atom. The number of amides is 1. The Kier molecular flexibility index (Phi) is 5.73. The van der Waals surface area contributed by atoms with Crippen molar-refractivity contribution in [1.82, 2.24) is 4.90 Å². The lowest BCUT2D eigenvalue weighted by Gasteiger charge is -2.33. The van der Waals surface area contributed by atoms with Crippen LogP contribution in [0.5, 0.6) is 0 Å². The van der Waals surface area contributed by atoms with Gasteiger partial charge in [0, 0.05) is 29.8 Å². The molecule has 1 amide bonds. The number of nitrogens with zero attached hydrogens (tertiary/aromatic N) is 1. The third-order valence-electron chi connectivity index (χ3n) is 3.72. The zero-order chi connectivity index (χ0) is 16.2. The number of ether oxygens (including phenoxy) is 1. The monoisotopic (exact) mass is 368 g/mol. The van der Waals surface area contributed by atoms with E-state index < -0.39 is 5.60 Å². The van der Waals surface area contributed by atoms with Gasteiger partial charge in [0.2, 0.25) is 0 Å². The number of piperidine rings is 1. The van der Waals surface area contributed by atoms with Crippen LogP contribution in [0.15, 0.2) is 28.7 Å². The minimum absolute atomic E-state index is 0.190. The largest absolute Gasteiger partial charge is 0.444 e. The lowest BCUT2D eigenvalue weighted by Crippen LogP contribution is -2.42. The summed E-state index contributed by atoms with van der Waals surface area (Å²) in [5.74, 6) is 0.589. The number of benzene rings is 1. The molecule has 0 aromatic heterocycles. The van der Waals surface area contributed by atoms with Gasteiger partial charge in [-0.15, -0.1) is 0 Å². The van der Waals surface area contributed by atoms with Gasteiger partial charge in [-0.3, -0.25) is 0 Å². The summed E-state index contributed by atoms with van der Waals surface area (Å²) in [5.41, 5.74) is 0.701. The Bertz CT molecular complexity index is 506. The van der Waals surface area contributed by atoms with E-state index in [4.69, 9.17) is 4.74 Å². The van der Waals surface area contributed by atoms with Gasteiger partial charge in [-0.2, -0.15) is 0 Å². The maximum atomic E-state index is 12.0. The van der Waals surface area contributed by atoms with Crippen LogP contribution in [0.4, 0.5) is 10.5 Å². The van der Waals surface area contributed by atoms with E-state index >= 15 is 0 Å². The molecule has 0 atom stereocenters. The summed E-state index contributed by atoms with van der Waals surface area (Å²) in [4.78, 5) is 13.8. The van der Waals surface area contributed by atoms with Crippen LogP contribution in [0.3, 0.4) is 0 Å². The zero-order valence-corrected chi connectivity index (χ0v) is 15.1. The third kappa shape index (κ3) is 5.20. The van der Waals surface area contributed by atoms with Gasteiger partial charge >= 0.3 is 6.09 Å². The lowest BCUT2D eigenvalue weighted by molar-refractivity contribution is 0.0188. The lowest BCUT2D eigenvalue weighted by atomic mass is 9.97. The van der Waals surface area contributed by atoms with Crippen LogP contribution in [0.2, 0.25) is 0 Å². The number of hydrogen-bond acceptors (Lipinski definition) is 3. The van der Waals surface area contributed by atoms with Crippen LogP contribution in [0.1, 0.15) is 33.6 Å². The standard InChI is InChI=1S/C17H25BrN2O2/c1-17(2,3)22-16(21)20-10-8-13(9-11-20)12-19-15-7-5-4-6-14(15)18/h4-7,13,19H,8-12H2,1-3H3.